The number of carbonyl (C=O) groups excluding carboxylic acids is 1. The lowest BCUT2D eigenvalue weighted by atomic mass is 9.96. The van der Waals surface area contributed by atoms with Crippen LogP contribution in [-0.4, -0.2) is 34.6 Å². The highest BCUT2D eigenvalue weighted by Crippen LogP contribution is 2.38. The standard InChI is InChI=1S/C21H20ClFN4O2S/c1-24-21-25-10-12-3-5-17-13(19(12)27-21)9-18(30-17)20(29)26-16(6-7-28)11-2-4-14(22)15(23)8-11/h2,4,8-10,16,28H,3,5-7H2,1H3,(H,26,29)(H,24,25,27). The van der Waals surface area contributed by atoms with Gasteiger partial charge >= 0.3 is 0 Å². The summed E-state index contributed by atoms with van der Waals surface area (Å²) >= 11 is 7.19. The van der Waals surface area contributed by atoms with E-state index in [2.05, 4.69) is 20.6 Å². The summed E-state index contributed by atoms with van der Waals surface area (Å²) in [5.41, 5.74) is 3.40. The Labute approximate surface area is 182 Å². The molecule has 0 fully saturated rings. The van der Waals surface area contributed by atoms with Gasteiger partial charge in [-0.05, 0) is 48.6 Å². The van der Waals surface area contributed by atoms with E-state index in [0.29, 0.717) is 16.4 Å². The molecule has 1 atom stereocenters. The number of aliphatic hydroxyl groups is 1. The van der Waals surface area contributed by atoms with Crippen LogP contribution in [0, 0.1) is 5.82 Å². The minimum atomic E-state index is -0.561. The summed E-state index contributed by atoms with van der Waals surface area (Å²) in [5, 5.41) is 15.3. The third kappa shape index (κ3) is 4.03. The summed E-state index contributed by atoms with van der Waals surface area (Å²) in [7, 11) is 1.76. The van der Waals surface area contributed by atoms with E-state index in [1.54, 1.807) is 13.1 Å². The molecule has 156 valence electrons. The van der Waals surface area contributed by atoms with Gasteiger partial charge in [0.2, 0.25) is 5.95 Å². The molecular weight excluding hydrogens is 427 g/mol. The molecule has 1 unspecified atom stereocenters. The van der Waals surface area contributed by atoms with Crippen LogP contribution in [-0.2, 0) is 12.8 Å². The molecule has 0 saturated carbocycles. The van der Waals surface area contributed by atoms with Gasteiger partial charge in [0.1, 0.15) is 5.82 Å². The van der Waals surface area contributed by atoms with E-state index < -0.39 is 11.9 Å². The second-order valence-electron chi connectivity index (χ2n) is 6.98. The average molecular weight is 447 g/mol. The molecule has 1 amide bonds. The van der Waals surface area contributed by atoms with E-state index >= 15 is 0 Å². The van der Waals surface area contributed by atoms with Crippen LogP contribution in [0.2, 0.25) is 5.02 Å². The predicted octanol–water partition coefficient (Wildman–Crippen LogP) is 3.99. The number of aryl methyl sites for hydroxylation is 2. The Bertz CT molecular complexity index is 1100. The fourth-order valence-corrected chi connectivity index (χ4v) is 4.71. The van der Waals surface area contributed by atoms with Crippen molar-refractivity contribution in [2.24, 2.45) is 0 Å². The number of hydrogen-bond acceptors (Lipinski definition) is 6. The zero-order valence-electron chi connectivity index (χ0n) is 16.2. The number of fused-ring (bicyclic) bond motifs is 3. The zero-order valence-corrected chi connectivity index (χ0v) is 17.8. The van der Waals surface area contributed by atoms with Crippen molar-refractivity contribution in [3.8, 4) is 11.3 Å². The van der Waals surface area contributed by atoms with E-state index in [1.165, 1.54) is 23.5 Å². The molecule has 2 aromatic heterocycles. The van der Waals surface area contributed by atoms with Gasteiger partial charge in [0.15, 0.2) is 0 Å². The normalized spacial score (nSPS) is 13.3. The maximum atomic E-state index is 13.9. The fraction of sp³-hybridized carbons (Fsp3) is 0.286. The summed E-state index contributed by atoms with van der Waals surface area (Å²) in [4.78, 5) is 23.5. The summed E-state index contributed by atoms with van der Waals surface area (Å²) in [6, 6.07) is 5.70. The lowest BCUT2D eigenvalue weighted by molar-refractivity contribution is 0.0934. The first-order valence-electron chi connectivity index (χ1n) is 9.53. The van der Waals surface area contributed by atoms with Crippen molar-refractivity contribution in [1.29, 1.82) is 0 Å². The number of anilines is 1. The smallest absolute Gasteiger partial charge is 0.261 e. The van der Waals surface area contributed by atoms with Crippen LogP contribution in [0.1, 0.15) is 38.1 Å². The van der Waals surface area contributed by atoms with Gasteiger partial charge in [-0.1, -0.05) is 17.7 Å². The predicted molar refractivity (Wildman–Crippen MR) is 116 cm³/mol. The van der Waals surface area contributed by atoms with Gasteiger partial charge in [-0.25, -0.2) is 14.4 Å². The van der Waals surface area contributed by atoms with Crippen LogP contribution < -0.4 is 10.6 Å². The van der Waals surface area contributed by atoms with Crippen molar-refractivity contribution in [3.63, 3.8) is 0 Å². The van der Waals surface area contributed by atoms with Gasteiger partial charge < -0.3 is 15.7 Å². The first kappa shape index (κ1) is 20.7. The summed E-state index contributed by atoms with van der Waals surface area (Å²) < 4.78 is 13.9. The number of nitrogens with one attached hydrogen (secondary N) is 2. The molecule has 1 aliphatic carbocycles. The summed E-state index contributed by atoms with van der Waals surface area (Å²) in [6.07, 6.45) is 3.73. The minimum absolute atomic E-state index is 0.0142. The number of carbonyl (C=O) groups is 1. The number of hydrogen-bond donors (Lipinski definition) is 3. The molecule has 0 saturated heterocycles. The van der Waals surface area contributed by atoms with Crippen LogP contribution >= 0.6 is 22.9 Å². The lowest BCUT2D eigenvalue weighted by Crippen LogP contribution is -2.28. The quantitative estimate of drug-likeness (QED) is 0.533. The number of aliphatic hydroxyl groups excluding tert-OH is 1. The maximum absolute atomic E-state index is 13.9. The summed E-state index contributed by atoms with van der Waals surface area (Å²) in [5.74, 6) is -0.297. The lowest BCUT2D eigenvalue weighted by Gasteiger charge is -2.18. The Morgan fingerprint density at radius 3 is 2.93 bits per heavy atom. The Morgan fingerprint density at radius 2 is 2.20 bits per heavy atom. The molecule has 1 aromatic carbocycles. The Morgan fingerprint density at radius 1 is 1.37 bits per heavy atom. The number of rotatable bonds is 6. The molecular formula is C21H20ClFN4O2S. The van der Waals surface area contributed by atoms with E-state index in [1.807, 2.05) is 12.3 Å². The van der Waals surface area contributed by atoms with Crippen molar-refractivity contribution in [1.82, 2.24) is 15.3 Å². The van der Waals surface area contributed by atoms with Gasteiger partial charge in [0.25, 0.3) is 5.91 Å². The number of benzene rings is 1. The second-order valence-corrected chi connectivity index (χ2v) is 8.52. The van der Waals surface area contributed by atoms with Crippen molar-refractivity contribution in [2.75, 3.05) is 19.0 Å². The fourth-order valence-electron chi connectivity index (χ4n) is 3.53. The number of halogens is 2. The molecule has 4 rings (SSSR count). The van der Waals surface area contributed by atoms with Crippen LogP contribution in [0.4, 0.5) is 10.3 Å². The largest absolute Gasteiger partial charge is 0.396 e. The zero-order chi connectivity index (χ0) is 21.3. The first-order valence-corrected chi connectivity index (χ1v) is 10.7. The molecule has 1 aliphatic rings. The number of nitrogens with zero attached hydrogens (tertiary/aromatic N) is 2. The number of aromatic nitrogens is 2. The van der Waals surface area contributed by atoms with Crippen molar-refractivity contribution in [2.45, 2.75) is 25.3 Å². The number of amides is 1. The molecule has 9 heteroatoms. The Hall–Kier alpha value is -2.55. The molecule has 30 heavy (non-hydrogen) atoms. The van der Waals surface area contributed by atoms with Gasteiger partial charge in [-0.15, -0.1) is 11.3 Å². The molecule has 6 nitrogen and oxygen atoms in total. The highest BCUT2D eigenvalue weighted by molar-refractivity contribution is 7.14. The van der Waals surface area contributed by atoms with Gasteiger partial charge in [0.05, 0.1) is 21.6 Å². The highest BCUT2D eigenvalue weighted by atomic mass is 35.5. The van der Waals surface area contributed by atoms with Crippen molar-refractivity contribution < 1.29 is 14.3 Å². The highest BCUT2D eigenvalue weighted by Gasteiger charge is 2.25. The van der Waals surface area contributed by atoms with Crippen LogP contribution in [0.25, 0.3) is 11.3 Å². The van der Waals surface area contributed by atoms with E-state index in [-0.39, 0.29) is 24.0 Å². The van der Waals surface area contributed by atoms with Gasteiger partial charge in [-0.3, -0.25) is 4.79 Å². The van der Waals surface area contributed by atoms with E-state index in [0.717, 1.165) is 34.5 Å². The monoisotopic (exact) mass is 446 g/mol. The topological polar surface area (TPSA) is 87.1 Å². The second kappa shape index (κ2) is 8.67. The molecule has 3 aromatic rings. The molecule has 0 bridgehead atoms. The number of thiophene rings is 1. The Balaban J connectivity index is 1.60. The van der Waals surface area contributed by atoms with Gasteiger partial charge in [-0.2, -0.15) is 0 Å². The van der Waals surface area contributed by atoms with Crippen molar-refractivity contribution in [3.05, 3.63) is 62.2 Å². The van der Waals surface area contributed by atoms with Crippen LogP contribution in [0.5, 0.6) is 0 Å². The van der Waals surface area contributed by atoms with Crippen LogP contribution in [0.15, 0.2) is 30.5 Å². The van der Waals surface area contributed by atoms with Gasteiger partial charge in [0, 0.05) is 30.3 Å². The van der Waals surface area contributed by atoms with Crippen molar-refractivity contribution >= 4 is 34.8 Å². The molecule has 0 spiro atoms. The molecule has 3 N–H and O–H groups in total. The third-order valence-corrected chi connectivity index (χ3v) is 6.57. The molecule has 0 aliphatic heterocycles. The van der Waals surface area contributed by atoms with E-state index in [9.17, 15) is 14.3 Å². The minimum Gasteiger partial charge on any atom is -0.396 e. The van der Waals surface area contributed by atoms with E-state index in [4.69, 9.17) is 11.6 Å². The van der Waals surface area contributed by atoms with Crippen LogP contribution in [0.3, 0.4) is 0 Å². The Kier molecular flexibility index (Phi) is 5.99. The summed E-state index contributed by atoms with van der Waals surface area (Å²) in [6.45, 7) is -0.146. The molecule has 0 radical (unpaired) electrons. The molecule has 2 heterocycles. The SMILES string of the molecule is CNc1ncc2c(n1)-c1cc(C(=O)NC(CCO)c3ccc(Cl)c(F)c3)sc1CC2. The average Bonchev–Trinajstić information content (AvgIpc) is 3.20. The third-order valence-electron chi connectivity index (χ3n) is 5.07. The maximum Gasteiger partial charge on any atom is 0.261 e. The first-order chi connectivity index (χ1) is 14.5.